The number of nitrogens with one attached hydrogen (secondary N) is 1. The first-order valence-electron chi connectivity index (χ1n) is 7.19. The molecule has 0 saturated heterocycles. The van der Waals surface area contributed by atoms with E-state index in [0.29, 0.717) is 19.8 Å². The van der Waals surface area contributed by atoms with Gasteiger partial charge in [0.05, 0.1) is 6.04 Å². The van der Waals surface area contributed by atoms with Crippen LogP contribution in [0.5, 0.6) is 11.5 Å². The molecule has 3 rings (SSSR count). The summed E-state index contributed by atoms with van der Waals surface area (Å²) in [6, 6.07) is 14.3. The summed E-state index contributed by atoms with van der Waals surface area (Å²) in [5.41, 5.74) is 9.32. The largest absolute Gasteiger partial charge is 0.486 e. The number of hydrogen-bond donors (Lipinski definition) is 2. The lowest BCUT2D eigenvalue weighted by Gasteiger charge is -2.23. The Morgan fingerprint density at radius 2 is 1.76 bits per heavy atom. The standard InChI is InChI=1S/C17H20N2O2/c1-12-2-5-14(6-3-12)19-15(11-18)13-4-7-16-17(10-13)21-9-8-20-16/h2-7,10,15,19H,8-9,11,18H2,1H3. The molecule has 1 aliphatic heterocycles. The van der Waals surface area contributed by atoms with E-state index in [0.717, 1.165) is 22.7 Å². The van der Waals surface area contributed by atoms with Gasteiger partial charge in [-0.1, -0.05) is 23.8 Å². The molecular weight excluding hydrogens is 264 g/mol. The van der Waals surface area contributed by atoms with Gasteiger partial charge in [-0.3, -0.25) is 0 Å². The molecule has 0 bridgehead atoms. The van der Waals surface area contributed by atoms with Crippen LogP contribution in [0.25, 0.3) is 0 Å². The van der Waals surface area contributed by atoms with E-state index < -0.39 is 0 Å². The summed E-state index contributed by atoms with van der Waals surface area (Å²) in [6.45, 7) is 3.78. The molecule has 4 heteroatoms. The SMILES string of the molecule is Cc1ccc(NC(CN)c2ccc3c(c2)OCCO3)cc1. The van der Waals surface area contributed by atoms with Crippen LogP contribution in [0.3, 0.4) is 0 Å². The van der Waals surface area contributed by atoms with Crippen molar-refractivity contribution in [3.63, 3.8) is 0 Å². The normalized spacial score (nSPS) is 14.6. The molecule has 3 N–H and O–H groups in total. The van der Waals surface area contributed by atoms with Crippen molar-refractivity contribution in [2.75, 3.05) is 25.1 Å². The Morgan fingerprint density at radius 3 is 2.48 bits per heavy atom. The Labute approximate surface area is 124 Å². The minimum absolute atomic E-state index is 0.0449. The molecule has 0 spiro atoms. The quantitative estimate of drug-likeness (QED) is 0.906. The summed E-state index contributed by atoms with van der Waals surface area (Å²) < 4.78 is 11.2. The van der Waals surface area contributed by atoms with Crippen molar-refractivity contribution >= 4 is 5.69 Å². The van der Waals surface area contributed by atoms with E-state index >= 15 is 0 Å². The van der Waals surface area contributed by atoms with Crippen molar-refractivity contribution in [1.82, 2.24) is 0 Å². The van der Waals surface area contributed by atoms with E-state index in [-0.39, 0.29) is 6.04 Å². The highest BCUT2D eigenvalue weighted by atomic mass is 16.6. The molecule has 1 atom stereocenters. The Balaban J connectivity index is 1.81. The Hall–Kier alpha value is -2.20. The second kappa shape index (κ2) is 6.06. The molecule has 1 unspecified atom stereocenters. The summed E-state index contributed by atoms with van der Waals surface area (Å²) in [5, 5.41) is 3.46. The van der Waals surface area contributed by atoms with Gasteiger partial charge >= 0.3 is 0 Å². The van der Waals surface area contributed by atoms with Crippen molar-refractivity contribution in [3.8, 4) is 11.5 Å². The average Bonchev–Trinajstić information content (AvgIpc) is 2.54. The molecule has 1 aliphatic rings. The van der Waals surface area contributed by atoms with Crippen molar-refractivity contribution in [1.29, 1.82) is 0 Å². The number of fused-ring (bicyclic) bond motifs is 1. The lowest BCUT2D eigenvalue weighted by Crippen LogP contribution is -2.21. The minimum Gasteiger partial charge on any atom is -0.486 e. The van der Waals surface area contributed by atoms with Crippen LogP contribution >= 0.6 is 0 Å². The van der Waals surface area contributed by atoms with Crippen LogP contribution in [0.4, 0.5) is 5.69 Å². The van der Waals surface area contributed by atoms with Gasteiger partial charge in [-0.25, -0.2) is 0 Å². The van der Waals surface area contributed by atoms with Gasteiger partial charge in [0.25, 0.3) is 0 Å². The molecular formula is C17H20N2O2. The first kappa shape index (κ1) is 13.8. The maximum atomic E-state index is 5.92. The zero-order chi connectivity index (χ0) is 14.7. The van der Waals surface area contributed by atoms with E-state index in [4.69, 9.17) is 15.2 Å². The van der Waals surface area contributed by atoms with Gasteiger partial charge in [0.1, 0.15) is 13.2 Å². The van der Waals surface area contributed by atoms with Crippen molar-refractivity contribution < 1.29 is 9.47 Å². The maximum Gasteiger partial charge on any atom is 0.161 e. The summed E-state index contributed by atoms with van der Waals surface area (Å²) >= 11 is 0. The van der Waals surface area contributed by atoms with E-state index in [1.54, 1.807) is 0 Å². The van der Waals surface area contributed by atoms with Crippen molar-refractivity contribution in [2.45, 2.75) is 13.0 Å². The molecule has 0 aliphatic carbocycles. The van der Waals surface area contributed by atoms with Gasteiger partial charge in [-0.15, -0.1) is 0 Å². The lowest BCUT2D eigenvalue weighted by molar-refractivity contribution is 0.171. The number of anilines is 1. The van der Waals surface area contributed by atoms with Gasteiger partial charge < -0.3 is 20.5 Å². The minimum atomic E-state index is 0.0449. The number of aryl methyl sites for hydroxylation is 1. The van der Waals surface area contributed by atoms with Crippen molar-refractivity contribution in [3.05, 3.63) is 53.6 Å². The second-order valence-corrected chi connectivity index (χ2v) is 5.20. The van der Waals surface area contributed by atoms with E-state index in [9.17, 15) is 0 Å². The lowest BCUT2D eigenvalue weighted by atomic mass is 10.1. The first-order chi connectivity index (χ1) is 10.3. The van der Waals surface area contributed by atoms with Gasteiger partial charge in [0, 0.05) is 12.2 Å². The third-order valence-corrected chi connectivity index (χ3v) is 3.60. The number of rotatable bonds is 4. The van der Waals surface area contributed by atoms with Crippen LogP contribution in [0.1, 0.15) is 17.2 Å². The van der Waals surface area contributed by atoms with Crippen LogP contribution in [-0.4, -0.2) is 19.8 Å². The second-order valence-electron chi connectivity index (χ2n) is 5.20. The predicted molar refractivity (Wildman–Crippen MR) is 84.0 cm³/mol. The number of hydrogen-bond acceptors (Lipinski definition) is 4. The van der Waals surface area contributed by atoms with Crippen LogP contribution in [0.2, 0.25) is 0 Å². The van der Waals surface area contributed by atoms with Gasteiger partial charge in [0.2, 0.25) is 0 Å². The van der Waals surface area contributed by atoms with E-state index in [1.807, 2.05) is 18.2 Å². The highest BCUT2D eigenvalue weighted by Crippen LogP contribution is 2.33. The zero-order valence-corrected chi connectivity index (χ0v) is 12.1. The summed E-state index contributed by atoms with van der Waals surface area (Å²) in [6.07, 6.45) is 0. The molecule has 4 nitrogen and oxygen atoms in total. The van der Waals surface area contributed by atoms with E-state index in [1.165, 1.54) is 5.56 Å². The highest BCUT2D eigenvalue weighted by Gasteiger charge is 2.16. The summed E-state index contributed by atoms with van der Waals surface area (Å²) in [5.74, 6) is 1.60. The van der Waals surface area contributed by atoms with Crippen LogP contribution < -0.4 is 20.5 Å². The fourth-order valence-corrected chi connectivity index (χ4v) is 2.41. The molecule has 0 saturated carbocycles. The molecule has 0 fully saturated rings. The third kappa shape index (κ3) is 3.11. The fourth-order valence-electron chi connectivity index (χ4n) is 2.41. The van der Waals surface area contributed by atoms with Crippen LogP contribution in [0.15, 0.2) is 42.5 Å². The number of nitrogens with two attached hydrogens (primary N) is 1. The topological polar surface area (TPSA) is 56.5 Å². The van der Waals surface area contributed by atoms with Crippen LogP contribution in [0, 0.1) is 6.92 Å². The maximum absolute atomic E-state index is 5.92. The number of ether oxygens (including phenoxy) is 2. The first-order valence-corrected chi connectivity index (χ1v) is 7.19. The molecule has 1 heterocycles. The molecule has 0 radical (unpaired) electrons. The average molecular weight is 284 g/mol. The van der Waals surface area contributed by atoms with Crippen LogP contribution in [-0.2, 0) is 0 Å². The number of benzene rings is 2. The van der Waals surface area contributed by atoms with Gasteiger partial charge in [0.15, 0.2) is 11.5 Å². The monoisotopic (exact) mass is 284 g/mol. The van der Waals surface area contributed by atoms with Gasteiger partial charge in [-0.05, 0) is 36.8 Å². The molecule has 2 aromatic carbocycles. The molecule has 0 aromatic heterocycles. The fraction of sp³-hybridized carbons (Fsp3) is 0.294. The Morgan fingerprint density at radius 1 is 1.05 bits per heavy atom. The molecule has 2 aromatic rings. The zero-order valence-electron chi connectivity index (χ0n) is 12.1. The Kier molecular flexibility index (Phi) is 3.97. The Bertz CT molecular complexity index is 611. The molecule has 21 heavy (non-hydrogen) atoms. The highest BCUT2D eigenvalue weighted by molar-refractivity contribution is 5.50. The summed E-state index contributed by atoms with van der Waals surface area (Å²) in [4.78, 5) is 0. The predicted octanol–water partition coefficient (Wildman–Crippen LogP) is 2.88. The van der Waals surface area contributed by atoms with Gasteiger partial charge in [-0.2, -0.15) is 0 Å². The molecule has 0 amide bonds. The molecule has 110 valence electrons. The third-order valence-electron chi connectivity index (χ3n) is 3.60. The van der Waals surface area contributed by atoms with E-state index in [2.05, 4.69) is 36.5 Å². The summed E-state index contributed by atoms with van der Waals surface area (Å²) in [7, 11) is 0. The smallest absolute Gasteiger partial charge is 0.161 e. The van der Waals surface area contributed by atoms with Crippen molar-refractivity contribution in [2.24, 2.45) is 5.73 Å².